The van der Waals surface area contributed by atoms with Gasteiger partial charge in [-0.15, -0.1) is 0 Å². The number of carbonyl (C=O) groups excluding carboxylic acids is 1. The molecule has 0 radical (unpaired) electrons. The van der Waals surface area contributed by atoms with Crippen molar-refractivity contribution in [2.45, 2.75) is 39.5 Å². The molecule has 0 aliphatic rings. The van der Waals surface area contributed by atoms with E-state index in [4.69, 9.17) is 0 Å². The molecule has 1 amide bonds. The first kappa shape index (κ1) is 21.0. The lowest BCUT2D eigenvalue weighted by atomic mass is 10.1. The Balaban J connectivity index is 2.47. The summed E-state index contributed by atoms with van der Waals surface area (Å²) in [7, 11) is -3.87. The number of hydrogen-bond acceptors (Lipinski definition) is 3. The fourth-order valence-corrected chi connectivity index (χ4v) is 4.13. The molecule has 1 N–H and O–H groups in total. The monoisotopic (exact) mass is 388 g/mol. The van der Waals surface area contributed by atoms with Gasteiger partial charge in [-0.2, -0.15) is 0 Å². The summed E-state index contributed by atoms with van der Waals surface area (Å²) in [6.45, 7) is 9.93. The van der Waals surface area contributed by atoms with Crippen LogP contribution in [0.1, 0.15) is 30.5 Å². The first-order valence-corrected chi connectivity index (χ1v) is 10.5. The van der Waals surface area contributed by atoms with Crippen molar-refractivity contribution >= 4 is 21.6 Å². The van der Waals surface area contributed by atoms with E-state index in [2.05, 4.69) is 5.32 Å². The molecule has 2 aromatic rings. The minimum absolute atomic E-state index is 0.172. The maximum absolute atomic E-state index is 13.3. The molecule has 6 heteroatoms. The smallest absolute Gasteiger partial charge is 0.264 e. The van der Waals surface area contributed by atoms with Crippen LogP contribution in [0.3, 0.4) is 0 Å². The van der Waals surface area contributed by atoms with Gasteiger partial charge in [0.1, 0.15) is 6.54 Å². The van der Waals surface area contributed by atoms with Crippen molar-refractivity contribution in [3.05, 3.63) is 59.2 Å². The van der Waals surface area contributed by atoms with Crippen LogP contribution >= 0.6 is 0 Å². The SMILES string of the molecule is Cc1ccc(S(=O)(=O)N(CC(=O)NCC(C)C)c2cccc(C)c2C)cc1. The predicted octanol–water partition coefficient (Wildman–Crippen LogP) is 3.58. The zero-order valence-electron chi connectivity index (χ0n) is 16.6. The number of hydrogen-bond donors (Lipinski definition) is 1. The topological polar surface area (TPSA) is 66.5 Å². The lowest BCUT2D eigenvalue weighted by Gasteiger charge is -2.26. The van der Waals surface area contributed by atoms with Gasteiger partial charge in [0, 0.05) is 6.54 Å². The van der Waals surface area contributed by atoms with Crippen LogP contribution in [0.2, 0.25) is 0 Å². The standard InChI is InChI=1S/C21H28N2O3S/c1-15(2)13-22-21(24)14-23(20-8-6-7-17(4)18(20)5)27(25,26)19-11-9-16(3)10-12-19/h6-12,15H,13-14H2,1-5H3,(H,22,24). The van der Waals surface area contributed by atoms with Crippen LogP contribution in [-0.2, 0) is 14.8 Å². The van der Waals surface area contributed by atoms with Gasteiger partial charge < -0.3 is 5.32 Å². The Morgan fingerprint density at radius 3 is 2.26 bits per heavy atom. The second-order valence-electron chi connectivity index (χ2n) is 7.24. The van der Waals surface area contributed by atoms with E-state index < -0.39 is 10.0 Å². The third-order valence-electron chi connectivity index (χ3n) is 4.45. The van der Waals surface area contributed by atoms with E-state index in [1.54, 1.807) is 36.4 Å². The van der Waals surface area contributed by atoms with Gasteiger partial charge in [-0.25, -0.2) is 8.42 Å². The number of carbonyl (C=O) groups is 1. The average Bonchev–Trinajstić information content (AvgIpc) is 2.61. The summed E-state index contributed by atoms with van der Waals surface area (Å²) >= 11 is 0. The maximum atomic E-state index is 13.3. The van der Waals surface area contributed by atoms with Crippen LogP contribution in [0.25, 0.3) is 0 Å². The van der Waals surface area contributed by atoms with Crippen molar-refractivity contribution in [1.29, 1.82) is 0 Å². The van der Waals surface area contributed by atoms with Crippen LogP contribution in [0.4, 0.5) is 5.69 Å². The van der Waals surface area contributed by atoms with Crippen molar-refractivity contribution in [3.8, 4) is 0 Å². The molecule has 2 rings (SSSR count). The molecule has 0 atom stereocenters. The highest BCUT2D eigenvalue weighted by Crippen LogP contribution is 2.28. The maximum Gasteiger partial charge on any atom is 0.264 e. The normalized spacial score (nSPS) is 11.5. The van der Waals surface area contributed by atoms with Crippen molar-refractivity contribution in [2.75, 3.05) is 17.4 Å². The third kappa shape index (κ3) is 5.10. The van der Waals surface area contributed by atoms with E-state index >= 15 is 0 Å². The Kier molecular flexibility index (Phi) is 6.65. The van der Waals surface area contributed by atoms with Gasteiger partial charge in [0.25, 0.3) is 10.0 Å². The van der Waals surface area contributed by atoms with E-state index in [0.29, 0.717) is 12.2 Å². The Hall–Kier alpha value is -2.34. The van der Waals surface area contributed by atoms with E-state index in [-0.39, 0.29) is 23.3 Å². The van der Waals surface area contributed by atoms with E-state index in [1.807, 2.05) is 40.7 Å². The van der Waals surface area contributed by atoms with Crippen LogP contribution in [0, 0.1) is 26.7 Å². The highest BCUT2D eigenvalue weighted by Gasteiger charge is 2.28. The van der Waals surface area contributed by atoms with E-state index in [1.165, 1.54) is 4.31 Å². The summed E-state index contributed by atoms with van der Waals surface area (Å²) in [5.41, 5.74) is 3.31. The molecule has 27 heavy (non-hydrogen) atoms. The molecule has 146 valence electrons. The summed E-state index contributed by atoms with van der Waals surface area (Å²) in [6.07, 6.45) is 0. The zero-order chi connectivity index (χ0) is 20.2. The zero-order valence-corrected chi connectivity index (χ0v) is 17.4. The molecule has 0 saturated heterocycles. The summed E-state index contributed by atoms with van der Waals surface area (Å²) in [6, 6.07) is 12.1. The largest absolute Gasteiger partial charge is 0.354 e. The average molecular weight is 389 g/mol. The Morgan fingerprint density at radius 2 is 1.67 bits per heavy atom. The van der Waals surface area contributed by atoms with Crippen molar-refractivity contribution in [2.24, 2.45) is 5.92 Å². The fraction of sp³-hybridized carbons (Fsp3) is 0.381. The molecule has 0 aliphatic heterocycles. The lowest BCUT2D eigenvalue weighted by Crippen LogP contribution is -2.42. The number of nitrogens with zero attached hydrogens (tertiary/aromatic N) is 1. The molecule has 0 aromatic heterocycles. The van der Waals surface area contributed by atoms with Crippen molar-refractivity contribution in [1.82, 2.24) is 5.32 Å². The number of amides is 1. The summed E-state index contributed by atoms with van der Waals surface area (Å²) in [5, 5.41) is 2.80. The van der Waals surface area contributed by atoms with Gasteiger partial charge in [-0.05, 0) is 56.0 Å². The minimum atomic E-state index is -3.87. The van der Waals surface area contributed by atoms with Gasteiger partial charge in [-0.1, -0.05) is 43.7 Å². The summed E-state index contributed by atoms with van der Waals surface area (Å²) in [4.78, 5) is 12.6. The summed E-state index contributed by atoms with van der Waals surface area (Å²) < 4.78 is 27.9. The Morgan fingerprint density at radius 1 is 1.04 bits per heavy atom. The molecular weight excluding hydrogens is 360 g/mol. The van der Waals surface area contributed by atoms with Crippen LogP contribution in [0.15, 0.2) is 47.4 Å². The Bertz CT molecular complexity index is 904. The highest BCUT2D eigenvalue weighted by molar-refractivity contribution is 7.92. The molecule has 0 bridgehead atoms. The predicted molar refractivity (Wildman–Crippen MR) is 109 cm³/mol. The molecular formula is C21H28N2O3S. The second-order valence-corrected chi connectivity index (χ2v) is 9.10. The van der Waals surface area contributed by atoms with E-state index in [0.717, 1.165) is 16.7 Å². The van der Waals surface area contributed by atoms with Crippen molar-refractivity contribution in [3.63, 3.8) is 0 Å². The van der Waals surface area contributed by atoms with Gasteiger partial charge in [-0.3, -0.25) is 9.10 Å². The highest BCUT2D eigenvalue weighted by atomic mass is 32.2. The first-order valence-electron chi connectivity index (χ1n) is 9.05. The number of nitrogens with one attached hydrogen (secondary N) is 1. The lowest BCUT2D eigenvalue weighted by molar-refractivity contribution is -0.119. The second kappa shape index (κ2) is 8.57. The molecule has 0 unspecified atom stereocenters. The molecule has 0 fully saturated rings. The van der Waals surface area contributed by atoms with Gasteiger partial charge in [0.15, 0.2) is 0 Å². The third-order valence-corrected chi connectivity index (χ3v) is 6.22. The molecule has 0 heterocycles. The Labute approximate surface area is 162 Å². The van der Waals surface area contributed by atoms with Crippen molar-refractivity contribution < 1.29 is 13.2 Å². The minimum Gasteiger partial charge on any atom is -0.354 e. The molecule has 0 spiro atoms. The number of aryl methyl sites for hydroxylation is 2. The molecule has 2 aromatic carbocycles. The number of benzene rings is 2. The number of rotatable bonds is 7. The van der Waals surface area contributed by atoms with Crippen LogP contribution < -0.4 is 9.62 Å². The van der Waals surface area contributed by atoms with Crippen LogP contribution in [-0.4, -0.2) is 27.4 Å². The summed E-state index contributed by atoms with van der Waals surface area (Å²) in [5.74, 6) is -0.0305. The van der Waals surface area contributed by atoms with Crippen LogP contribution in [0.5, 0.6) is 0 Å². The molecule has 5 nitrogen and oxygen atoms in total. The van der Waals surface area contributed by atoms with Gasteiger partial charge in [0.05, 0.1) is 10.6 Å². The fourth-order valence-electron chi connectivity index (χ4n) is 2.65. The quantitative estimate of drug-likeness (QED) is 0.788. The first-order chi connectivity index (χ1) is 12.6. The molecule has 0 aliphatic carbocycles. The molecule has 0 saturated carbocycles. The number of anilines is 1. The van der Waals surface area contributed by atoms with Gasteiger partial charge >= 0.3 is 0 Å². The van der Waals surface area contributed by atoms with Gasteiger partial charge in [0.2, 0.25) is 5.91 Å². The number of sulfonamides is 1. The van der Waals surface area contributed by atoms with E-state index in [9.17, 15) is 13.2 Å².